The Labute approximate surface area is 456 Å². The number of thiophene rings is 1. The van der Waals surface area contributed by atoms with E-state index >= 15 is 0 Å². The van der Waals surface area contributed by atoms with Crippen LogP contribution in [-0.4, -0.2) is 19.5 Å². The van der Waals surface area contributed by atoms with Gasteiger partial charge < -0.3 is 4.90 Å². The number of aromatic nitrogens is 4. The molecular weight excluding hydrogens is 967 g/mol. The van der Waals surface area contributed by atoms with Crippen LogP contribution in [0.15, 0.2) is 261 Å². The minimum Gasteiger partial charge on any atom is -0.310 e. The van der Waals surface area contributed by atoms with Crippen LogP contribution in [-0.2, 0) is 5.41 Å². The summed E-state index contributed by atoms with van der Waals surface area (Å²) in [6.45, 7) is 4.69. The van der Waals surface area contributed by atoms with Crippen LogP contribution in [0.4, 0.5) is 17.1 Å². The normalized spacial score (nSPS) is 12.6. The average molecular weight is 1020 g/mol. The van der Waals surface area contributed by atoms with Gasteiger partial charge in [-0.2, -0.15) is 9.97 Å². The van der Waals surface area contributed by atoms with Crippen LogP contribution in [0.25, 0.3) is 115 Å². The zero-order valence-electron chi connectivity index (χ0n) is 43.0. The first-order valence-corrected chi connectivity index (χ1v) is 27.4. The van der Waals surface area contributed by atoms with Gasteiger partial charge in [-0.25, -0.2) is 4.98 Å². The summed E-state index contributed by atoms with van der Waals surface area (Å²) in [6, 6.07) is 94.0. The van der Waals surface area contributed by atoms with Crippen LogP contribution in [0, 0.1) is 0 Å². The summed E-state index contributed by atoms with van der Waals surface area (Å²) >= 11 is 1.79. The topological polar surface area (TPSA) is 46.8 Å². The Balaban J connectivity index is 0.909. The second-order valence-electron chi connectivity index (χ2n) is 20.8. The van der Waals surface area contributed by atoms with Gasteiger partial charge in [-0.1, -0.05) is 208 Å². The quantitative estimate of drug-likeness (QED) is 0.145. The molecule has 5 nitrogen and oxygen atoms in total. The third-order valence-electron chi connectivity index (χ3n) is 15.9. The molecule has 14 aromatic rings. The maximum Gasteiger partial charge on any atom is 0.238 e. The van der Waals surface area contributed by atoms with Crippen LogP contribution >= 0.6 is 11.3 Å². The number of para-hydroxylation sites is 1. The smallest absolute Gasteiger partial charge is 0.238 e. The van der Waals surface area contributed by atoms with Crippen LogP contribution < -0.4 is 4.90 Å². The number of hydrogen-bond donors (Lipinski definition) is 0. The van der Waals surface area contributed by atoms with E-state index in [-0.39, 0.29) is 5.41 Å². The molecule has 368 valence electrons. The summed E-state index contributed by atoms with van der Waals surface area (Å²) in [7, 11) is 0. The monoisotopic (exact) mass is 1020 g/mol. The SMILES string of the molecule is CC1(C)c2ccccc2-c2cc3c4cc(-c5ccc(N(c6ccc(-c7ccccc7)cc6)c6ccccc6-c6ccccc6)cc5)ccc4n(-c4nc(-c5ccccc5)nc(-c5cccc6c5sc5ccccc56)n4)c3cc21. The fourth-order valence-electron chi connectivity index (χ4n) is 12.0. The Hall–Kier alpha value is -9.75. The van der Waals surface area contributed by atoms with Crippen molar-refractivity contribution in [3.63, 3.8) is 0 Å². The van der Waals surface area contributed by atoms with Gasteiger partial charge in [0, 0.05) is 64.4 Å². The maximum absolute atomic E-state index is 5.51. The first kappa shape index (κ1) is 45.6. The summed E-state index contributed by atoms with van der Waals surface area (Å²) in [5.74, 6) is 1.85. The summed E-state index contributed by atoms with van der Waals surface area (Å²) in [6.07, 6.45) is 0. The highest BCUT2D eigenvalue weighted by Crippen LogP contribution is 2.52. The first-order chi connectivity index (χ1) is 38.4. The number of anilines is 3. The third kappa shape index (κ3) is 7.48. The molecule has 0 saturated carbocycles. The second kappa shape index (κ2) is 18.2. The molecule has 0 amide bonds. The van der Waals surface area contributed by atoms with Crippen molar-refractivity contribution < 1.29 is 0 Å². The van der Waals surface area contributed by atoms with Crippen molar-refractivity contribution in [3.8, 4) is 73.2 Å². The Morgan fingerprint density at radius 2 is 0.910 bits per heavy atom. The molecule has 6 heteroatoms. The maximum atomic E-state index is 5.51. The van der Waals surface area contributed by atoms with E-state index in [1.807, 2.05) is 18.2 Å². The lowest BCUT2D eigenvalue weighted by Gasteiger charge is -2.28. The molecule has 0 unspecified atom stereocenters. The number of benzene rings is 11. The Bertz CT molecular complexity index is 4620. The zero-order chi connectivity index (χ0) is 51.9. The van der Waals surface area contributed by atoms with Crippen molar-refractivity contribution in [2.24, 2.45) is 0 Å². The average Bonchev–Trinajstić information content (AvgIpc) is 4.17. The zero-order valence-corrected chi connectivity index (χ0v) is 43.8. The molecule has 1 aliphatic rings. The Morgan fingerprint density at radius 3 is 1.65 bits per heavy atom. The van der Waals surface area contributed by atoms with E-state index < -0.39 is 0 Å². The van der Waals surface area contributed by atoms with Gasteiger partial charge >= 0.3 is 0 Å². The van der Waals surface area contributed by atoms with Crippen molar-refractivity contribution in [1.29, 1.82) is 0 Å². The molecule has 0 N–H and O–H groups in total. The fraction of sp³-hybridized carbons (Fsp3) is 0.0417. The van der Waals surface area contributed by atoms with Crippen LogP contribution in [0.5, 0.6) is 0 Å². The highest BCUT2D eigenvalue weighted by Gasteiger charge is 2.36. The predicted octanol–water partition coefficient (Wildman–Crippen LogP) is 19.4. The summed E-state index contributed by atoms with van der Waals surface area (Å²) in [4.78, 5) is 18.6. The largest absolute Gasteiger partial charge is 0.310 e. The van der Waals surface area contributed by atoms with Gasteiger partial charge in [0.25, 0.3) is 0 Å². The molecule has 0 aliphatic heterocycles. The lowest BCUT2D eigenvalue weighted by Crippen LogP contribution is -2.15. The molecule has 11 aromatic carbocycles. The minimum atomic E-state index is -0.218. The van der Waals surface area contributed by atoms with Crippen molar-refractivity contribution in [3.05, 3.63) is 272 Å². The van der Waals surface area contributed by atoms with Crippen LogP contribution in [0.1, 0.15) is 25.0 Å². The minimum absolute atomic E-state index is 0.218. The number of hydrogen-bond acceptors (Lipinski definition) is 5. The van der Waals surface area contributed by atoms with Gasteiger partial charge in [-0.05, 0) is 117 Å². The first-order valence-electron chi connectivity index (χ1n) is 26.6. The van der Waals surface area contributed by atoms with Crippen molar-refractivity contribution in [2.45, 2.75) is 19.3 Å². The molecular formula is C72H49N5S. The molecule has 78 heavy (non-hydrogen) atoms. The number of nitrogens with zero attached hydrogens (tertiary/aromatic N) is 5. The van der Waals surface area contributed by atoms with Gasteiger partial charge in [0.2, 0.25) is 5.95 Å². The molecule has 0 spiro atoms. The number of rotatable bonds is 9. The van der Waals surface area contributed by atoms with E-state index in [0.29, 0.717) is 17.6 Å². The van der Waals surface area contributed by atoms with Gasteiger partial charge in [0.05, 0.1) is 16.7 Å². The van der Waals surface area contributed by atoms with E-state index in [9.17, 15) is 0 Å². The van der Waals surface area contributed by atoms with Crippen molar-refractivity contribution in [1.82, 2.24) is 19.5 Å². The van der Waals surface area contributed by atoms with Crippen molar-refractivity contribution >= 4 is 70.4 Å². The molecule has 3 heterocycles. The number of fused-ring (bicyclic) bond motifs is 9. The molecule has 15 rings (SSSR count). The lowest BCUT2D eigenvalue weighted by atomic mass is 9.82. The van der Waals surface area contributed by atoms with Gasteiger partial charge in [0.15, 0.2) is 11.6 Å². The third-order valence-corrected chi connectivity index (χ3v) is 17.1. The molecule has 0 radical (unpaired) electrons. The van der Waals surface area contributed by atoms with Gasteiger partial charge in [-0.3, -0.25) is 4.57 Å². The van der Waals surface area contributed by atoms with E-state index in [1.54, 1.807) is 11.3 Å². The molecule has 0 saturated heterocycles. The molecule has 0 atom stereocenters. The molecule has 0 fully saturated rings. The lowest BCUT2D eigenvalue weighted by molar-refractivity contribution is 0.661. The second-order valence-corrected chi connectivity index (χ2v) is 21.8. The summed E-state index contributed by atoms with van der Waals surface area (Å²) in [5.41, 5.74) is 19.1. The van der Waals surface area contributed by atoms with E-state index in [1.165, 1.54) is 54.4 Å². The highest BCUT2D eigenvalue weighted by molar-refractivity contribution is 7.26. The van der Waals surface area contributed by atoms with Crippen molar-refractivity contribution in [2.75, 3.05) is 4.90 Å². The van der Waals surface area contributed by atoms with Gasteiger partial charge in [-0.15, -0.1) is 11.3 Å². The molecule has 3 aromatic heterocycles. The van der Waals surface area contributed by atoms with Crippen LogP contribution in [0.3, 0.4) is 0 Å². The van der Waals surface area contributed by atoms with Crippen LogP contribution in [0.2, 0.25) is 0 Å². The summed E-state index contributed by atoms with van der Waals surface area (Å²) in [5, 5.41) is 4.71. The predicted molar refractivity (Wildman–Crippen MR) is 326 cm³/mol. The Kier molecular flexibility index (Phi) is 10.7. The standard InChI is InChI=1S/C72H49N5S/c1-72(2)62-30-15-12-26-55(62)59-44-61-60-43-51(48-35-40-53(41-36-48)76(52-38-33-47(34-39-52)46-19-6-3-7-20-46)64-31-16-13-25-54(64)49-21-8-4-9-22-49)37-42-65(60)77(66(61)45-63(59)72)71-74-69(50-23-10-5-11-24-50)73-70(75-71)58-29-18-28-57-56-27-14-17-32-67(56)78-68(57)58/h3-45H,1-2H3. The molecule has 0 bridgehead atoms. The summed E-state index contributed by atoms with van der Waals surface area (Å²) < 4.78 is 4.68. The van der Waals surface area contributed by atoms with Gasteiger partial charge in [0.1, 0.15) is 0 Å². The van der Waals surface area contributed by atoms with E-state index in [0.717, 1.165) is 71.4 Å². The fourth-order valence-corrected chi connectivity index (χ4v) is 13.2. The Morgan fingerprint density at radius 1 is 0.359 bits per heavy atom. The highest BCUT2D eigenvalue weighted by atomic mass is 32.1. The van der Waals surface area contributed by atoms with E-state index in [2.05, 4.69) is 266 Å². The van der Waals surface area contributed by atoms with E-state index in [4.69, 9.17) is 15.0 Å². The molecule has 1 aliphatic carbocycles.